The van der Waals surface area contributed by atoms with E-state index in [2.05, 4.69) is 0 Å². The highest BCUT2D eigenvalue weighted by atomic mass is 31.1. The largest absolute Gasteiger partial charge is 0.327 e. The second-order valence-electron chi connectivity index (χ2n) is 4.32. The predicted octanol–water partition coefficient (Wildman–Crippen LogP) is 2.18. The molecule has 0 aliphatic heterocycles. The SMILES string of the molecule is O=[PH](OC1CCCC1)C1CCCC1.[AlH3]. The predicted molar refractivity (Wildman–Crippen MR) is 64.5 cm³/mol. The Morgan fingerprint density at radius 2 is 1.43 bits per heavy atom. The Hall–Kier alpha value is 0.722. The van der Waals surface area contributed by atoms with E-state index in [1.165, 1.54) is 25.7 Å². The molecule has 2 nitrogen and oxygen atoms in total. The fourth-order valence-corrected chi connectivity index (χ4v) is 4.06. The molecule has 0 amide bonds. The van der Waals surface area contributed by atoms with Crippen LogP contribution in [0.3, 0.4) is 0 Å². The maximum absolute atomic E-state index is 11.8. The first kappa shape index (κ1) is 12.8. The fraction of sp³-hybridized carbons (Fsp3) is 1.00. The van der Waals surface area contributed by atoms with Crippen LogP contribution in [0.2, 0.25) is 0 Å². The molecule has 14 heavy (non-hydrogen) atoms. The van der Waals surface area contributed by atoms with Crippen LogP contribution in [0.5, 0.6) is 0 Å². The molecule has 0 heterocycles. The average Bonchev–Trinajstić information content (AvgIpc) is 2.74. The van der Waals surface area contributed by atoms with Gasteiger partial charge in [0.1, 0.15) is 0 Å². The fourth-order valence-electron chi connectivity index (χ4n) is 2.43. The van der Waals surface area contributed by atoms with Gasteiger partial charge in [0.15, 0.2) is 25.4 Å². The molecule has 0 aromatic heterocycles. The van der Waals surface area contributed by atoms with Crippen LogP contribution in [0.1, 0.15) is 51.4 Å². The maximum Gasteiger partial charge on any atom is 0.194 e. The van der Waals surface area contributed by atoms with Crippen molar-refractivity contribution in [1.29, 1.82) is 0 Å². The van der Waals surface area contributed by atoms with Crippen LogP contribution in [-0.4, -0.2) is 29.1 Å². The number of rotatable bonds is 3. The van der Waals surface area contributed by atoms with Crippen LogP contribution in [-0.2, 0) is 9.09 Å². The first-order valence-electron chi connectivity index (χ1n) is 5.57. The molecule has 2 aliphatic carbocycles. The van der Waals surface area contributed by atoms with E-state index >= 15 is 0 Å². The van der Waals surface area contributed by atoms with Crippen LogP contribution >= 0.6 is 8.03 Å². The molecule has 0 N–H and O–H groups in total. The first-order chi connectivity index (χ1) is 6.36. The molecule has 2 rings (SSSR count). The van der Waals surface area contributed by atoms with Crippen LogP contribution in [0.15, 0.2) is 0 Å². The standard InChI is InChI=1S/C10H19O2P.Al.3H/c11-13(10-7-3-4-8-10)12-9-5-1-2-6-9;;;;/h9-10,13H,1-8H2;;;;. The second-order valence-corrected chi connectivity index (χ2v) is 6.02. The van der Waals surface area contributed by atoms with E-state index in [9.17, 15) is 4.57 Å². The van der Waals surface area contributed by atoms with Gasteiger partial charge in [-0.3, -0.25) is 4.57 Å². The molecule has 2 aliphatic rings. The zero-order valence-corrected chi connectivity index (χ0v) is 9.13. The van der Waals surface area contributed by atoms with Crippen LogP contribution in [0.25, 0.3) is 0 Å². The van der Waals surface area contributed by atoms with E-state index in [4.69, 9.17) is 4.52 Å². The molecule has 82 valence electrons. The molecule has 0 aromatic rings. The lowest BCUT2D eigenvalue weighted by Gasteiger charge is -2.14. The molecular formula is C10H22AlO2P. The van der Waals surface area contributed by atoms with Crippen molar-refractivity contribution in [3.63, 3.8) is 0 Å². The van der Waals surface area contributed by atoms with Crippen LogP contribution < -0.4 is 0 Å². The summed E-state index contributed by atoms with van der Waals surface area (Å²) in [4.78, 5) is 0. The molecule has 2 fully saturated rings. The summed E-state index contributed by atoms with van der Waals surface area (Å²) >= 11 is 0. The van der Waals surface area contributed by atoms with E-state index in [1.807, 2.05) is 0 Å². The molecule has 0 bridgehead atoms. The van der Waals surface area contributed by atoms with Crippen molar-refractivity contribution in [1.82, 2.24) is 0 Å². The third kappa shape index (κ3) is 3.39. The first-order valence-corrected chi connectivity index (χ1v) is 6.96. The average molecular weight is 232 g/mol. The minimum absolute atomic E-state index is 0. The van der Waals surface area contributed by atoms with E-state index in [-0.39, 0.29) is 17.4 Å². The Labute approximate surface area is 97.8 Å². The summed E-state index contributed by atoms with van der Waals surface area (Å²) in [6.45, 7) is 0. The molecule has 0 saturated heterocycles. The summed E-state index contributed by atoms with van der Waals surface area (Å²) in [7, 11) is -1.70. The van der Waals surface area contributed by atoms with Crippen molar-refractivity contribution >= 4 is 25.4 Å². The third-order valence-electron chi connectivity index (χ3n) is 3.27. The highest BCUT2D eigenvalue weighted by Crippen LogP contribution is 2.43. The van der Waals surface area contributed by atoms with Gasteiger partial charge in [0.25, 0.3) is 0 Å². The van der Waals surface area contributed by atoms with Crippen LogP contribution in [0.4, 0.5) is 0 Å². The minimum atomic E-state index is -1.70. The summed E-state index contributed by atoms with van der Waals surface area (Å²) in [6.07, 6.45) is 9.97. The number of hydrogen-bond donors (Lipinski definition) is 0. The maximum atomic E-state index is 11.8. The Balaban J connectivity index is 0.000000980. The van der Waals surface area contributed by atoms with Gasteiger partial charge in [-0.05, 0) is 25.7 Å². The summed E-state index contributed by atoms with van der Waals surface area (Å²) < 4.78 is 17.4. The number of hydrogen-bond acceptors (Lipinski definition) is 2. The zero-order chi connectivity index (χ0) is 9.10. The highest BCUT2D eigenvalue weighted by Gasteiger charge is 2.25. The lowest BCUT2D eigenvalue weighted by atomic mass is 10.3. The van der Waals surface area contributed by atoms with Gasteiger partial charge in [0, 0.05) is 5.66 Å². The second kappa shape index (κ2) is 6.34. The lowest BCUT2D eigenvalue weighted by molar-refractivity contribution is 0.219. The van der Waals surface area contributed by atoms with Crippen molar-refractivity contribution in [3.8, 4) is 0 Å². The molecule has 4 heteroatoms. The van der Waals surface area contributed by atoms with E-state index in [1.54, 1.807) is 0 Å². The zero-order valence-electron chi connectivity index (χ0n) is 8.13. The van der Waals surface area contributed by atoms with E-state index in [0.29, 0.717) is 11.8 Å². The van der Waals surface area contributed by atoms with Crippen molar-refractivity contribution in [2.24, 2.45) is 0 Å². The Kier molecular flexibility index (Phi) is 5.79. The Bertz CT molecular complexity index is 187. The van der Waals surface area contributed by atoms with Crippen LogP contribution in [0, 0.1) is 0 Å². The van der Waals surface area contributed by atoms with Gasteiger partial charge in [-0.15, -0.1) is 0 Å². The molecule has 1 atom stereocenters. The van der Waals surface area contributed by atoms with Gasteiger partial charge in [-0.25, -0.2) is 0 Å². The van der Waals surface area contributed by atoms with Gasteiger partial charge in [0.05, 0.1) is 6.10 Å². The van der Waals surface area contributed by atoms with Crippen molar-refractivity contribution in [2.45, 2.75) is 63.1 Å². The molecule has 0 radical (unpaired) electrons. The van der Waals surface area contributed by atoms with Gasteiger partial charge >= 0.3 is 0 Å². The molecular weight excluding hydrogens is 210 g/mol. The Morgan fingerprint density at radius 1 is 0.929 bits per heavy atom. The summed E-state index contributed by atoms with van der Waals surface area (Å²) in [6, 6.07) is 0. The summed E-state index contributed by atoms with van der Waals surface area (Å²) in [5.74, 6) is 0. The molecule has 0 spiro atoms. The van der Waals surface area contributed by atoms with Gasteiger partial charge in [-0.1, -0.05) is 25.7 Å². The van der Waals surface area contributed by atoms with Gasteiger partial charge < -0.3 is 4.52 Å². The lowest BCUT2D eigenvalue weighted by Crippen LogP contribution is -2.05. The topological polar surface area (TPSA) is 26.3 Å². The molecule has 1 unspecified atom stereocenters. The summed E-state index contributed by atoms with van der Waals surface area (Å²) in [5.41, 5.74) is 0.422. The normalized spacial score (nSPS) is 26.3. The summed E-state index contributed by atoms with van der Waals surface area (Å²) in [5, 5.41) is 0. The van der Waals surface area contributed by atoms with Gasteiger partial charge in [0.2, 0.25) is 0 Å². The van der Waals surface area contributed by atoms with Crippen molar-refractivity contribution < 1.29 is 9.09 Å². The highest BCUT2D eigenvalue weighted by molar-refractivity contribution is 7.40. The minimum Gasteiger partial charge on any atom is -0.327 e. The monoisotopic (exact) mass is 232 g/mol. The Morgan fingerprint density at radius 3 is 2.00 bits per heavy atom. The van der Waals surface area contributed by atoms with Gasteiger partial charge in [-0.2, -0.15) is 0 Å². The van der Waals surface area contributed by atoms with Crippen molar-refractivity contribution in [3.05, 3.63) is 0 Å². The van der Waals surface area contributed by atoms with E-state index < -0.39 is 8.03 Å². The van der Waals surface area contributed by atoms with E-state index in [0.717, 1.165) is 25.7 Å². The smallest absolute Gasteiger partial charge is 0.194 e. The quantitative estimate of drug-likeness (QED) is 0.550. The molecule has 0 aromatic carbocycles. The molecule has 2 saturated carbocycles. The third-order valence-corrected chi connectivity index (χ3v) is 5.08. The van der Waals surface area contributed by atoms with Crippen molar-refractivity contribution in [2.75, 3.05) is 0 Å².